The van der Waals surface area contributed by atoms with Gasteiger partial charge in [0.15, 0.2) is 15.7 Å². The van der Waals surface area contributed by atoms with Gasteiger partial charge >= 0.3 is 0 Å². The Hall–Kier alpha value is -1.77. The summed E-state index contributed by atoms with van der Waals surface area (Å²) in [6.07, 6.45) is 0. The lowest BCUT2D eigenvalue weighted by molar-refractivity contribution is 0.190. The van der Waals surface area contributed by atoms with Gasteiger partial charge in [-0.15, -0.1) is 0 Å². The van der Waals surface area contributed by atoms with E-state index in [0.717, 1.165) is 19.6 Å². The first-order chi connectivity index (χ1) is 11.4. The number of piperazine rings is 1. The van der Waals surface area contributed by atoms with Crippen LogP contribution in [0.4, 0.5) is 0 Å². The number of benzene rings is 1. The van der Waals surface area contributed by atoms with E-state index in [2.05, 4.69) is 20.4 Å². The Balaban J connectivity index is 1.83. The highest BCUT2D eigenvalue weighted by atomic mass is 32.2. The van der Waals surface area contributed by atoms with E-state index in [1.807, 2.05) is 7.05 Å². The largest absolute Gasteiger partial charge is 0.334 e. The third-order valence-electron chi connectivity index (χ3n) is 4.30. The van der Waals surface area contributed by atoms with E-state index in [-0.39, 0.29) is 6.04 Å². The van der Waals surface area contributed by atoms with Crippen LogP contribution >= 0.6 is 0 Å². The Morgan fingerprint density at radius 1 is 1.29 bits per heavy atom. The molecule has 1 fully saturated rings. The molecule has 0 aliphatic carbocycles. The van der Waals surface area contributed by atoms with Gasteiger partial charge in [0.2, 0.25) is 0 Å². The van der Waals surface area contributed by atoms with Crippen LogP contribution in [0.3, 0.4) is 0 Å². The van der Waals surface area contributed by atoms with Gasteiger partial charge in [-0.3, -0.25) is 4.90 Å². The minimum Gasteiger partial charge on any atom is -0.334 e. The van der Waals surface area contributed by atoms with Crippen LogP contribution in [-0.4, -0.2) is 55.4 Å². The molecule has 2 aromatic rings. The van der Waals surface area contributed by atoms with Gasteiger partial charge in [-0.25, -0.2) is 8.42 Å². The third kappa shape index (κ3) is 3.22. The molecule has 7 nitrogen and oxygen atoms in total. The lowest BCUT2D eigenvalue weighted by atomic mass is 10.2. The Bertz CT molecular complexity index is 799. The molecule has 24 heavy (non-hydrogen) atoms. The number of hydrogen-bond donors (Lipinski definition) is 1. The highest BCUT2D eigenvalue weighted by Gasteiger charge is 2.25. The maximum Gasteiger partial charge on any atom is 0.257 e. The fraction of sp³-hybridized carbons (Fsp3) is 0.500. The van der Waals surface area contributed by atoms with Crippen LogP contribution in [0, 0.1) is 0 Å². The average molecular weight is 350 g/mol. The molecule has 2 heterocycles. The summed E-state index contributed by atoms with van der Waals surface area (Å²) < 4.78 is 29.7. The molecule has 0 amide bonds. The molecular weight excluding hydrogens is 328 g/mol. The SMILES string of the molecule is CC(C)S(=O)(=O)c1ccc(-c2nc(C3CNCCN3C)no2)cc1. The van der Waals surface area contributed by atoms with Crippen molar-refractivity contribution < 1.29 is 12.9 Å². The summed E-state index contributed by atoms with van der Waals surface area (Å²) in [4.78, 5) is 6.96. The molecule has 0 bridgehead atoms. The summed E-state index contributed by atoms with van der Waals surface area (Å²) in [6, 6.07) is 6.66. The molecule has 1 atom stereocenters. The molecule has 1 aliphatic rings. The van der Waals surface area contributed by atoms with Crippen molar-refractivity contribution in [2.45, 2.75) is 30.0 Å². The van der Waals surface area contributed by atoms with Gasteiger partial charge in [0.1, 0.15) is 0 Å². The monoisotopic (exact) mass is 350 g/mol. The molecule has 0 saturated carbocycles. The van der Waals surface area contributed by atoms with Crippen LogP contribution in [0.25, 0.3) is 11.5 Å². The fourth-order valence-corrected chi connectivity index (χ4v) is 3.70. The summed E-state index contributed by atoms with van der Waals surface area (Å²) in [7, 11) is -1.24. The standard InChI is InChI=1S/C16H22N4O3S/c1-11(2)24(21,22)13-6-4-12(5-7-13)16-18-15(19-23-16)14-10-17-8-9-20(14)3/h4-7,11,14,17H,8-10H2,1-3H3. The number of hydrogen-bond acceptors (Lipinski definition) is 7. The van der Waals surface area contributed by atoms with Crippen LogP contribution < -0.4 is 5.32 Å². The van der Waals surface area contributed by atoms with Gasteiger partial charge in [-0.1, -0.05) is 5.16 Å². The normalized spacial score (nSPS) is 19.8. The van der Waals surface area contributed by atoms with Crippen LogP contribution in [0.2, 0.25) is 0 Å². The number of rotatable bonds is 4. The summed E-state index contributed by atoms with van der Waals surface area (Å²) in [5.41, 5.74) is 0.711. The van der Waals surface area contributed by atoms with Crippen LogP contribution in [0.1, 0.15) is 25.7 Å². The first-order valence-electron chi connectivity index (χ1n) is 7.98. The number of aromatic nitrogens is 2. The van der Waals surface area contributed by atoms with E-state index in [4.69, 9.17) is 4.52 Å². The van der Waals surface area contributed by atoms with Crippen molar-refractivity contribution in [2.24, 2.45) is 0 Å². The van der Waals surface area contributed by atoms with E-state index in [1.54, 1.807) is 38.1 Å². The van der Waals surface area contributed by atoms with Crippen molar-refractivity contribution in [3.05, 3.63) is 30.1 Å². The maximum absolute atomic E-state index is 12.2. The lowest BCUT2D eigenvalue weighted by Crippen LogP contribution is -2.44. The number of likely N-dealkylation sites (N-methyl/N-ethyl adjacent to an activating group) is 1. The van der Waals surface area contributed by atoms with Crippen molar-refractivity contribution in [2.75, 3.05) is 26.7 Å². The second kappa shape index (κ2) is 6.62. The highest BCUT2D eigenvalue weighted by molar-refractivity contribution is 7.92. The Labute approximate surface area is 142 Å². The minimum absolute atomic E-state index is 0.0804. The van der Waals surface area contributed by atoms with Crippen molar-refractivity contribution in [3.63, 3.8) is 0 Å². The van der Waals surface area contributed by atoms with Gasteiger partial charge in [-0.05, 0) is 45.2 Å². The molecule has 0 radical (unpaired) electrons. The zero-order valence-electron chi connectivity index (χ0n) is 14.1. The highest BCUT2D eigenvalue weighted by Crippen LogP contribution is 2.24. The number of sulfone groups is 1. The first kappa shape index (κ1) is 17.1. The summed E-state index contributed by atoms with van der Waals surface area (Å²) in [6.45, 7) is 5.99. The van der Waals surface area contributed by atoms with E-state index in [1.165, 1.54) is 0 Å². The van der Waals surface area contributed by atoms with Gasteiger partial charge in [0.25, 0.3) is 5.89 Å². The number of nitrogens with zero attached hydrogens (tertiary/aromatic N) is 3. The molecule has 1 aromatic heterocycles. The quantitative estimate of drug-likeness (QED) is 0.894. The average Bonchev–Trinajstić information content (AvgIpc) is 3.05. The molecular formula is C16H22N4O3S. The van der Waals surface area contributed by atoms with Crippen molar-refractivity contribution >= 4 is 9.84 Å². The molecule has 1 aliphatic heterocycles. The molecule has 130 valence electrons. The van der Waals surface area contributed by atoms with Crippen molar-refractivity contribution in [3.8, 4) is 11.5 Å². The van der Waals surface area contributed by atoms with Crippen LogP contribution in [-0.2, 0) is 9.84 Å². The van der Waals surface area contributed by atoms with E-state index >= 15 is 0 Å². The zero-order valence-corrected chi connectivity index (χ0v) is 14.9. The minimum atomic E-state index is -3.28. The second-order valence-corrected chi connectivity index (χ2v) is 8.78. The molecule has 1 saturated heterocycles. The molecule has 1 aromatic carbocycles. The molecule has 1 N–H and O–H groups in total. The molecule has 1 unspecified atom stereocenters. The van der Waals surface area contributed by atoms with Gasteiger partial charge < -0.3 is 9.84 Å². The second-order valence-electron chi connectivity index (χ2n) is 6.28. The summed E-state index contributed by atoms with van der Waals surface area (Å²) >= 11 is 0. The van der Waals surface area contributed by atoms with Gasteiger partial charge in [-0.2, -0.15) is 4.98 Å². The van der Waals surface area contributed by atoms with Gasteiger partial charge in [0, 0.05) is 25.2 Å². The Kier molecular flexibility index (Phi) is 4.71. The van der Waals surface area contributed by atoms with Crippen LogP contribution in [0.5, 0.6) is 0 Å². The molecule has 3 rings (SSSR count). The predicted molar refractivity (Wildman–Crippen MR) is 90.3 cm³/mol. The van der Waals surface area contributed by atoms with E-state index in [9.17, 15) is 8.42 Å². The van der Waals surface area contributed by atoms with Crippen LogP contribution in [0.15, 0.2) is 33.7 Å². The Morgan fingerprint density at radius 2 is 2.00 bits per heavy atom. The zero-order chi connectivity index (χ0) is 17.3. The van der Waals surface area contributed by atoms with Crippen molar-refractivity contribution in [1.82, 2.24) is 20.4 Å². The summed E-state index contributed by atoms with van der Waals surface area (Å²) in [5.74, 6) is 1.04. The molecule has 0 spiro atoms. The third-order valence-corrected chi connectivity index (χ3v) is 6.47. The predicted octanol–water partition coefficient (Wildman–Crippen LogP) is 1.49. The smallest absolute Gasteiger partial charge is 0.257 e. The maximum atomic E-state index is 12.2. The summed E-state index contributed by atoms with van der Waals surface area (Å²) in [5, 5.41) is 6.95. The van der Waals surface area contributed by atoms with Crippen molar-refractivity contribution in [1.29, 1.82) is 0 Å². The fourth-order valence-electron chi connectivity index (χ4n) is 2.64. The van der Waals surface area contributed by atoms with E-state index in [0.29, 0.717) is 22.2 Å². The van der Waals surface area contributed by atoms with Gasteiger partial charge in [0.05, 0.1) is 16.2 Å². The lowest BCUT2D eigenvalue weighted by Gasteiger charge is -2.30. The Morgan fingerprint density at radius 3 is 2.62 bits per heavy atom. The molecule has 8 heteroatoms. The number of nitrogens with one attached hydrogen (secondary N) is 1. The topological polar surface area (TPSA) is 88.3 Å². The van der Waals surface area contributed by atoms with E-state index < -0.39 is 15.1 Å². The first-order valence-corrected chi connectivity index (χ1v) is 9.53.